The molecule has 0 radical (unpaired) electrons. The van der Waals surface area contributed by atoms with Gasteiger partial charge in [-0.25, -0.2) is 4.68 Å². The van der Waals surface area contributed by atoms with Crippen LogP contribution in [0.4, 0.5) is 0 Å². The second-order valence-corrected chi connectivity index (χ2v) is 6.94. The first kappa shape index (κ1) is 18.1. The van der Waals surface area contributed by atoms with E-state index in [4.69, 9.17) is 9.47 Å². The van der Waals surface area contributed by atoms with E-state index in [1.54, 1.807) is 29.9 Å². The van der Waals surface area contributed by atoms with E-state index >= 15 is 0 Å². The van der Waals surface area contributed by atoms with E-state index < -0.39 is 6.10 Å². The van der Waals surface area contributed by atoms with E-state index in [-0.39, 0.29) is 5.91 Å². The summed E-state index contributed by atoms with van der Waals surface area (Å²) in [6.07, 6.45) is 4.82. The van der Waals surface area contributed by atoms with Crippen LogP contribution in [0.5, 0.6) is 11.5 Å². The molecule has 1 amide bonds. The van der Waals surface area contributed by atoms with Crippen LogP contribution in [-0.2, 0) is 17.8 Å². The van der Waals surface area contributed by atoms with Crippen molar-refractivity contribution in [3.63, 3.8) is 0 Å². The molecule has 0 N–H and O–H groups in total. The molecule has 0 bridgehead atoms. The first-order chi connectivity index (χ1) is 13.6. The van der Waals surface area contributed by atoms with Gasteiger partial charge in [0.05, 0.1) is 19.0 Å². The Kier molecular flexibility index (Phi) is 5.02. The second-order valence-electron chi connectivity index (χ2n) is 6.94. The molecule has 28 heavy (non-hydrogen) atoms. The van der Waals surface area contributed by atoms with E-state index in [0.717, 1.165) is 34.7 Å². The number of benzene rings is 2. The van der Waals surface area contributed by atoms with E-state index in [1.165, 1.54) is 0 Å². The molecular weight excluding hydrogens is 354 g/mol. The summed E-state index contributed by atoms with van der Waals surface area (Å²) >= 11 is 0. The monoisotopic (exact) mass is 377 g/mol. The van der Waals surface area contributed by atoms with E-state index in [0.29, 0.717) is 13.0 Å². The van der Waals surface area contributed by atoms with E-state index in [1.807, 2.05) is 54.7 Å². The molecule has 1 atom stereocenters. The van der Waals surface area contributed by atoms with Crippen molar-refractivity contribution in [1.29, 1.82) is 0 Å². The highest BCUT2D eigenvalue weighted by Crippen LogP contribution is 2.28. The highest BCUT2D eigenvalue weighted by atomic mass is 16.5. The molecule has 144 valence electrons. The minimum atomic E-state index is -0.437. The number of ether oxygens (including phenoxy) is 2. The molecule has 4 rings (SSSR count). The van der Waals surface area contributed by atoms with Crippen molar-refractivity contribution in [2.24, 2.45) is 0 Å². The highest BCUT2D eigenvalue weighted by molar-refractivity contribution is 5.81. The highest BCUT2D eigenvalue weighted by Gasteiger charge is 2.28. The van der Waals surface area contributed by atoms with E-state index in [2.05, 4.69) is 5.10 Å². The number of likely N-dealkylation sites (N-methyl/N-ethyl adjacent to an activating group) is 1. The number of aromatic nitrogens is 2. The van der Waals surface area contributed by atoms with Gasteiger partial charge in [-0.2, -0.15) is 5.10 Å². The fourth-order valence-electron chi connectivity index (χ4n) is 3.43. The average Bonchev–Trinajstić information content (AvgIpc) is 3.21. The molecule has 6 heteroatoms. The molecule has 1 aliphatic rings. The van der Waals surface area contributed by atoms with Gasteiger partial charge < -0.3 is 14.4 Å². The summed E-state index contributed by atoms with van der Waals surface area (Å²) in [6.45, 7) is 0.476. The molecule has 0 unspecified atom stereocenters. The van der Waals surface area contributed by atoms with Crippen LogP contribution in [0.2, 0.25) is 0 Å². The fourth-order valence-corrected chi connectivity index (χ4v) is 3.43. The maximum absolute atomic E-state index is 12.8. The van der Waals surface area contributed by atoms with Crippen molar-refractivity contribution in [3.05, 3.63) is 72.1 Å². The molecule has 0 fully saturated rings. The number of amides is 1. The van der Waals surface area contributed by atoms with Crippen LogP contribution in [0.25, 0.3) is 5.69 Å². The lowest BCUT2D eigenvalue weighted by Gasteiger charge is -2.28. The summed E-state index contributed by atoms with van der Waals surface area (Å²) in [5.41, 5.74) is 3.02. The van der Waals surface area contributed by atoms with Crippen molar-refractivity contribution in [1.82, 2.24) is 14.7 Å². The van der Waals surface area contributed by atoms with E-state index in [9.17, 15) is 4.79 Å². The predicted molar refractivity (Wildman–Crippen MR) is 106 cm³/mol. The Morgan fingerprint density at radius 1 is 1.29 bits per heavy atom. The van der Waals surface area contributed by atoms with Gasteiger partial charge in [0.25, 0.3) is 5.91 Å². The maximum atomic E-state index is 12.8. The minimum Gasteiger partial charge on any atom is -0.497 e. The molecule has 0 spiro atoms. The van der Waals surface area contributed by atoms with Crippen molar-refractivity contribution in [2.75, 3.05) is 14.2 Å². The zero-order valence-corrected chi connectivity index (χ0v) is 16.0. The van der Waals surface area contributed by atoms with Gasteiger partial charge in [-0.15, -0.1) is 0 Å². The summed E-state index contributed by atoms with van der Waals surface area (Å²) in [5.74, 6) is 1.58. The standard InChI is InChI=1S/C22H23N3O3/c1-24(22(26)21-11-10-17-6-3-4-9-20(17)28-21)14-16-13-23-25(15-16)18-7-5-8-19(12-18)27-2/h3-9,12-13,15,21H,10-11,14H2,1-2H3/t21-/m0/s1. The van der Waals surface area contributed by atoms with Crippen LogP contribution in [0.3, 0.4) is 0 Å². The predicted octanol–water partition coefficient (Wildman–Crippen LogP) is 3.23. The first-order valence-electron chi connectivity index (χ1n) is 9.31. The largest absolute Gasteiger partial charge is 0.497 e. The number of carbonyl (C=O) groups excluding carboxylic acids is 1. The van der Waals surface area contributed by atoms with Crippen molar-refractivity contribution >= 4 is 5.91 Å². The van der Waals surface area contributed by atoms with Gasteiger partial charge in [-0.1, -0.05) is 24.3 Å². The van der Waals surface area contributed by atoms with Crippen LogP contribution in [0.1, 0.15) is 17.5 Å². The summed E-state index contributed by atoms with van der Waals surface area (Å²) < 4.78 is 13.0. The van der Waals surface area contributed by atoms with Crippen molar-refractivity contribution < 1.29 is 14.3 Å². The Morgan fingerprint density at radius 3 is 3.00 bits per heavy atom. The molecule has 1 aliphatic heterocycles. The fraction of sp³-hybridized carbons (Fsp3) is 0.273. The third kappa shape index (κ3) is 3.71. The Bertz CT molecular complexity index is 982. The summed E-state index contributed by atoms with van der Waals surface area (Å²) in [4.78, 5) is 14.5. The number of para-hydroxylation sites is 1. The number of aryl methyl sites for hydroxylation is 1. The lowest BCUT2D eigenvalue weighted by molar-refractivity contribution is -0.138. The van der Waals surface area contributed by atoms with Gasteiger partial charge in [0.15, 0.2) is 6.10 Å². The topological polar surface area (TPSA) is 56.6 Å². The number of rotatable bonds is 5. The van der Waals surface area contributed by atoms with Gasteiger partial charge in [0.2, 0.25) is 0 Å². The number of hydrogen-bond donors (Lipinski definition) is 0. The van der Waals surface area contributed by atoms with Gasteiger partial charge in [-0.3, -0.25) is 4.79 Å². The summed E-state index contributed by atoms with van der Waals surface area (Å²) in [6, 6.07) is 15.6. The summed E-state index contributed by atoms with van der Waals surface area (Å²) in [5, 5.41) is 4.41. The molecule has 6 nitrogen and oxygen atoms in total. The number of fused-ring (bicyclic) bond motifs is 1. The van der Waals surface area contributed by atoms with Crippen LogP contribution >= 0.6 is 0 Å². The SMILES string of the molecule is COc1cccc(-n2cc(CN(C)C(=O)[C@@H]3CCc4ccccc4O3)cn2)c1. The number of methoxy groups -OCH3 is 1. The third-order valence-electron chi connectivity index (χ3n) is 4.94. The molecule has 0 saturated carbocycles. The molecule has 2 aromatic carbocycles. The zero-order valence-electron chi connectivity index (χ0n) is 16.0. The van der Waals surface area contributed by atoms with Gasteiger partial charge in [0.1, 0.15) is 11.5 Å². The number of nitrogens with zero attached hydrogens (tertiary/aromatic N) is 3. The Balaban J connectivity index is 1.42. The molecule has 0 aliphatic carbocycles. The van der Waals surface area contributed by atoms with Crippen molar-refractivity contribution in [2.45, 2.75) is 25.5 Å². The summed E-state index contributed by atoms with van der Waals surface area (Å²) in [7, 11) is 3.44. The smallest absolute Gasteiger partial charge is 0.263 e. The minimum absolute atomic E-state index is 0.0105. The van der Waals surface area contributed by atoms with Crippen molar-refractivity contribution in [3.8, 4) is 17.2 Å². The molecule has 3 aromatic rings. The lowest BCUT2D eigenvalue weighted by Crippen LogP contribution is -2.41. The second kappa shape index (κ2) is 7.76. The van der Waals surface area contributed by atoms with Gasteiger partial charge >= 0.3 is 0 Å². The zero-order chi connectivity index (χ0) is 19.5. The Morgan fingerprint density at radius 2 is 2.14 bits per heavy atom. The molecule has 2 heterocycles. The third-order valence-corrected chi connectivity index (χ3v) is 4.94. The average molecular weight is 377 g/mol. The molecular formula is C22H23N3O3. The first-order valence-corrected chi connectivity index (χ1v) is 9.31. The van der Waals surface area contributed by atoms with Gasteiger partial charge in [0, 0.05) is 31.4 Å². The van der Waals surface area contributed by atoms with Gasteiger partial charge in [-0.05, 0) is 36.6 Å². The molecule has 1 aromatic heterocycles. The maximum Gasteiger partial charge on any atom is 0.263 e. The normalized spacial score (nSPS) is 15.4. The quantitative estimate of drug-likeness (QED) is 0.685. The van der Waals surface area contributed by atoms with Crippen LogP contribution in [0.15, 0.2) is 60.9 Å². The lowest BCUT2D eigenvalue weighted by atomic mass is 10.0. The Hall–Kier alpha value is -3.28. The number of carbonyl (C=O) groups is 1. The number of hydrogen-bond acceptors (Lipinski definition) is 4. The van der Waals surface area contributed by atoms with Crippen LogP contribution in [-0.4, -0.2) is 40.8 Å². The van der Waals surface area contributed by atoms with Crippen LogP contribution < -0.4 is 9.47 Å². The van der Waals surface area contributed by atoms with Crippen LogP contribution in [0, 0.1) is 0 Å². The molecule has 0 saturated heterocycles. The Labute approximate surface area is 164 Å².